The Morgan fingerprint density at radius 3 is 0.809 bits per heavy atom. The minimum absolute atomic E-state index is 0.103. The Labute approximate surface area is 575 Å². The van der Waals surface area contributed by atoms with Crippen LogP contribution in [0.25, 0.3) is 0 Å². The Kier molecular flexibility index (Phi) is 64.3. The van der Waals surface area contributed by atoms with Crippen molar-refractivity contribution in [1.82, 2.24) is 0 Å². The summed E-state index contributed by atoms with van der Waals surface area (Å²) in [5.74, 6) is 0.249. The SMILES string of the molecule is CCCCCCCCCCC(=O)OC[C@H](COP(=O)(O)OC[C@H](O)COP(=O)(O)OC[C@@H](COC(=O)CCCCCCCCCCCCCCCCC(C)CC)OC(=O)CCCCCCCCCCCCCCCCCC(C)C)OC(=O)CCCCCCCCC(C)CC. The lowest BCUT2D eigenvalue weighted by Crippen LogP contribution is -2.30. The summed E-state index contributed by atoms with van der Waals surface area (Å²) in [6.45, 7) is 11.9. The molecule has 19 heteroatoms. The van der Waals surface area contributed by atoms with E-state index in [1.54, 1.807) is 0 Å². The van der Waals surface area contributed by atoms with Gasteiger partial charge in [0.1, 0.15) is 19.3 Å². The van der Waals surface area contributed by atoms with Crippen LogP contribution in [0.4, 0.5) is 0 Å². The maximum absolute atomic E-state index is 13.1. The van der Waals surface area contributed by atoms with E-state index < -0.39 is 97.5 Å². The van der Waals surface area contributed by atoms with Crippen molar-refractivity contribution in [1.29, 1.82) is 0 Å². The Morgan fingerprint density at radius 1 is 0.309 bits per heavy atom. The van der Waals surface area contributed by atoms with E-state index in [-0.39, 0.29) is 25.7 Å². The first-order chi connectivity index (χ1) is 45.3. The fourth-order valence-corrected chi connectivity index (χ4v) is 12.9. The molecule has 0 saturated heterocycles. The minimum Gasteiger partial charge on any atom is -0.462 e. The highest BCUT2D eigenvalue weighted by Gasteiger charge is 2.30. The molecule has 0 radical (unpaired) electrons. The van der Waals surface area contributed by atoms with Crippen LogP contribution in [0, 0.1) is 17.8 Å². The van der Waals surface area contributed by atoms with Gasteiger partial charge in [0.25, 0.3) is 0 Å². The number of unbranched alkanes of at least 4 members (excludes halogenated alkanes) is 39. The van der Waals surface area contributed by atoms with E-state index in [0.29, 0.717) is 25.7 Å². The predicted molar refractivity (Wildman–Crippen MR) is 381 cm³/mol. The molecule has 4 unspecified atom stereocenters. The van der Waals surface area contributed by atoms with Crippen LogP contribution < -0.4 is 0 Å². The zero-order valence-electron chi connectivity index (χ0n) is 61.4. The molecule has 0 aliphatic heterocycles. The molecular formula is C75H146O17P2. The molecule has 0 fully saturated rings. The highest BCUT2D eigenvalue weighted by Crippen LogP contribution is 2.45. The van der Waals surface area contributed by atoms with E-state index in [9.17, 15) is 43.2 Å². The molecule has 0 aromatic carbocycles. The number of ether oxygens (including phenoxy) is 4. The van der Waals surface area contributed by atoms with Crippen molar-refractivity contribution in [3.05, 3.63) is 0 Å². The molecule has 94 heavy (non-hydrogen) atoms. The first kappa shape index (κ1) is 92.1. The van der Waals surface area contributed by atoms with Gasteiger partial charge in [0, 0.05) is 25.7 Å². The van der Waals surface area contributed by atoms with Gasteiger partial charge >= 0.3 is 39.5 Å². The lowest BCUT2D eigenvalue weighted by atomic mass is 9.99. The van der Waals surface area contributed by atoms with Gasteiger partial charge in [-0.15, -0.1) is 0 Å². The third-order valence-corrected chi connectivity index (χ3v) is 20.0. The Morgan fingerprint density at radius 2 is 0.543 bits per heavy atom. The number of hydrogen-bond acceptors (Lipinski definition) is 15. The molecule has 0 aromatic rings. The van der Waals surface area contributed by atoms with Crippen LogP contribution in [0.2, 0.25) is 0 Å². The molecule has 3 N–H and O–H groups in total. The molecule has 17 nitrogen and oxygen atoms in total. The number of carbonyl (C=O) groups is 4. The van der Waals surface area contributed by atoms with Crippen LogP contribution in [0.3, 0.4) is 0 Å². The summed E-state index contributed by atoms with van der Waals surface area (Å²) < 4.78 is 68.4. The standard InChI is InChI=1S/C75H146O17P2/c1-8-11-12-13-14-34-42-49-56-72(77)85-63-71(92-75(80)59-52-45-38-37-41-48-55-68(7)10-3)65-90-94(83,84)88-61-69(76)60-87-93(81,82)89-64-70(91-74(79)58-51-44-36-31-27-23-17-15-16-20-24-28-32-39-46-53-66(4)5)62-86-73(78)57-50-43-35-30-26-22-19-18-21-25-29-33-40-47-54-67(6)9-2/h66-71,76H,8-65H2,1-7H3,(H,81,82)(H,83,84)/t67?,68?,69-,70-,71-/m1/s1. The molecule has 0 aliphatic rings. The van der Waals surface area contributed by atoms with Crippen LogP contribution in [-0.2, 0) is 65.4 Å². The van der Waals surface area contributed by atoms with Crippen molar-refractivity contribution in [3.8, 4) is 0 Å². The largest absolute Gasteiger partial charge is 0.472 e. The zero-order chi connectivity index (χ0) is 69.4. The summed E-state index contributed by atoms with van der Waals surface area (Å²) in [6, 6.07) is 0. The highest BCUT2D eigenvalue weighted by molar-refractivity contribution is 7.47. The second kappa shape index (κ2) is 65.7. The van der Waals surface area contributed by atoms with Crippen LogP contribution in [0.1, 0.15) is 382 Å². The number of esters is 4. The number of aliphatic hydroxyl groups excluding tert-OH is 1. The van der Waals surface area contributed by atoms with Gasteiger partial charge in [-0.25, -0.2) is 9.13 Å². The Bertz CT molecular complexity index is 1840. The summed E-state index contributed by atoms with van der Waals surface area (Å²) >= 11 is 0. The summed E-state index contributed by atoms with van der Waals surface area (Å²) in [6.07, 6.45) is 51.4. The van der Waals surface area contributed by atoms with Crippen LogP contribution >= 0.6 is 15.6 Å². The number of aliphatic hydroxyl groups is 1. The third kappa shape index (κ3) is 66.0. The van der Waals surface area contributed by atoms with Gasteiger partial charge in [-0.05, 0) is 43.4 Å². The van der Waals surface area contributed by atoms with Gasteiger partial charge in [0.15, 0.2) is 12.2 Å². The van der Waals surface area contributed by atoms with E-state index in [4.69, 9.17) is 37.0 Å². The lowest BCUT2D eigenvalue weighted by Gasteiger charge is -2.21. The second-order valence-electron chi connectivity index (χ2n) is 28.0. The van der Waals surface area contributed by atoms with Gasteiger partial charge in [0.05, 0.1) is 26.4 Å². The van der Waals surface area contributed by atoms with E-state index in [0.717, 1.165) is 114 Å². The van der Waals surface area contributed by atoms with Crippen molar-refractivity contribution < 1.29 is 80.2 Å². The number of hydrogen-bond donors (Lipinski definition) is 3. The van der Waals surface area contributed by atoms with E-state index in [1.807, 2.05) is 0 Å². The van der Waals surface area contributed by atoms with Crippen molar-refractivity contribution in [2.24, 2.45) is 17.8 Å². The predicted octanol–water partition coefficient (Wildman–Crippen LogP) is 21.8. The first-order valence-corrected chi connectivity index (χ1v) is 41.9. The Hall–Kier alpha value is -1.94. The number of phosphoric acid groups is 2. The van der Waals surface area contributed by atoms with Gasteiger partial charge in [-0.3, -0.25) is 37.3 Å². The molecule has 0 spiro atoms. The average Bonchev–Trinajstić information content (AvgIpc) is 1.64. The molecule has 0 saturated carbocycles. The van der Waals surface area contributed by atoms with Crippen molar-refractivity contribution in [2.75, 3.05) is 39.6 Å². The highest BCUT2D eigenvalue weighted by atomic mass is 31.2. The normalized spacial score (nSPS) is 14.7. The second-order valence-corrected chi connectivity index (χ2v) is 30.9. The smallest absolute Gasteiger partial charge is 0.462 e. The van der Waals surface area contributed by atoms with Gasteiger partial charge in [-0.1, -0.05) is 331 Å². The number of carbonyl (C=O) groups excluding carboxylic acids is 4. The Balaban J connectivity index is 5.20. The fourth-order valence-electron chi connectivity index (χ4n) is 11.4. The summed E-state index contributed by atoms with van der Waals surface area (Å²) in [4.78, 5) is 72.6. The van der Waals surface area contributed by atoms with Gasteiger partial charge in [-0.2, -0.15) is 0 Å². The molecule has 0 aromatic heterocycles. The minimum atomic E-state index is -4.96. The van der Waals surface area contributed by atoms with Crippen molar-refractivity contribution in [2.45, 2.75) is 401 Å². The molecule has 0 amide bonds. The van der Waals surface area contributed by atoms with Crippen LogP contribution in [-0.4, -0.2) is 96.7 Å². The summed E-state index contributed by atoms with van der Waals surface area (Å²) in [5.41, 5.74) is 0. The summed E-state index contributed by atoms with van der Waals surface area (Å²) in [7, 11) is -9.91. The molecular weight excluding hydrogens is 1230 g/mol. The van der Waals surface area contributed by atoms with Crippen molar-refractivity contribution in [3.63, 3.8) is 0 Å². The average molecular weight is 1380 g/mol. The number of rotatable bonds is 73. The molecule has 0 heterocycles. The maximum Gasteiger partial charge on any atom is 0.472 e. The van der Waals surface area contributed by atoms with Crippen LogP contribution in [0.5, 0.6) is 0 Å². The number of phosphoric ester groups is 2. The molecule has 558 valence electrons. The fraction of sp³-hybridized carbons (Fsp3) is 0.947. The summed E-state index contributed by atoms with van der Waals surface area (Å²) in [5, 5.41) is 10.6. The molecule has 7 atom stereocenters. The van der Waals surface area contributed by atoms with Crippen LogP contribution in [0.15, 0.2) is 0 Å². The lowest BCUT2D eigenvalue weighted by molar-refractivity contribution is -0.161. The first-order valence-electron chi connectivity index (χ1n) is 38.9. The van der Waals surface area contributed by atoms with E-state index in [1.165, 1.54) is 186 Å². The molecule has 0 aliphatic carbocycles. The molecule has 0 bridgehead atoms. The monoisotopic (exact) mass is 1380 g/mol. The third-order valence-electron chi connectivity index (χ3n) is 18.1. The topological polar surface area (TPSA) is 237 Å². The molecule has 0 rings (SSSR count). The quantitative estimate of drug-likeness (QED) is 0.0222. The zero-order valence-corrected chi connectivity index (χ0v) is 63.2. The van der Waals surface area contributed by atoms with Gasteiger partial charge in [0.2, 0.25) is 0 Å². The van der Waals surface area contributed by atoms with Gasteiger partial charge < -0.3 is 33.8 Å². The van der Waals surface area contributed by atoms with E-state index in [2.05, 4.69) is 48.5 Å². The van der Waals surface area contributed by atoms with Crippen molar-refractivity contribution >= 4 is 39.5 Å². The van der Waals surface area contributed by atoms with E-state index >= 15 is 0 Å². The maximum atomic E-state index is 13.1.